The summed E-state index contributed by atoms with van der Waals surface area (Å²) < 4.78 is 91.2. The third-order valence-corrected chi connectivity index (χ3v) is 9.19. The predicted molar refractivity (Wildman–Crippen MR) is 137 cm³/mol. The Balaban J connectivity index is 1.76. The summed E-state index contributed by atoms with van der Waals surface area (Å²) in [6, 6.07) is 7.42. The van der Waals surface area contributed by atoms with Crippen molar-refractivity contribution in [2.24, 2.45) is 0 Å². The number of amides is 1. The first kappa shape index (κ1) is 29.8. The fourth-order valence-electron chi connectivity index (χ4n) is 5.19. The van der Waals surface area contributed by atoms with Gasteiger partial charge in [-0.25, -0.2) is 26.0 Å². The molecule has 0 saturated carbocycles. The molecule has 8 nitrogen and oxygen atoms in total. The van der Waals surface area contributed by atoms with Crippen LogP contribution in [0.25, 0.3) is 0 Å². The number of halogens is 4. The van der Waals surface area contributed by atoms with Crippen LogP contribution in [-0.2, 0) is 36.4 Å². The molecule has 1 fully saturated rings. The van der Waals surface area contributed by atoms with E-state index >= 15 is 0 Å². The molecule has 2 heterocycles. The van der Waals surface area contributed by atoms with Crippen molar-refractivity contribution >= 4 is 27.6 Å². The molecule has 2 aliphatic rings. The van der Waals surface area contributed by atoms with Crippen LogP contribution in [0.1, 0.15) is 49.8 Å². The number of ether oxygens (including phenoxy) is 1. The first-order chi connectivity index (χ1) is 18.4. The second-order valence-corrected chi connectivity index (χ2v) is 12.3. The zero-order valence-corrected chi connectivity index (χ0v) is 22.9. The van der Waals surface area contributed by atoms with Gasteiger partial charge >= 0.3 is 5.97 Å². The van der Waals surface area contributed by atoms with Crippen LogP contribution in [0.3, 0.4) is 0 Å². The molecule has 2 N–H and O–H groups in total. The van der Waals surface area contributed by atoms with Crippen molar-refractivity contribution in [1.82, 2.24) is 5.32 Å². The molecule has 2 aliphatic heterocycles. The minimum absolute atomic E-state index is 0.000730. The molecule has 0 aliphatic carbocycles. The first-order valence-corrected chi connectivity index (χ1v) is 14.1. The van der Waals surface area contributed by atoms with Crippen molar-refractivity contribution in [2.75, 3.05) is 10.9 Å². The average Bonchev–Trinajstić information content (AvgIpc) is 3.25. The molecule has 2 aromatic rings. The Kier molecular flexibility index (Phi) is 7.69. The molecular weight excluding hydrogens is 556 g/mol. The number of carbonyl (C=O) groups excluding carboxylic acids is 2. The molecular formula is C27H30F4N2O6S. The van der Waals surface area contributed by atoms with Crippen molar-refractivity contribution < 1.29 is 45.4 Å². The molecule has 4 rings (SSSR count). The molecule has 2 unspecified atom stereocenters. The van der Waals surface area contributed by atoms with E-state index in [0.29, 0.717) is 0 Å². The molecule has 2 atom stereocenters. The third-order valence-electron chi connectivity index (χ3n) is 7.31. The van der Waals surface area contributed by atoms with Gasteiger partial charge in [-0.2, -0.15) is 0 Å². The van der Waals surface area contributed by atoms with E-state index in [9.17, 15) is 40.7 Å². The molecule has 1 amide bonds. The van der Waals surface area contributed by atoms with E-state index in [1.54, 1.807) is 19.1 Å². The fourth-order valence-corrected chi connectivity index (χ4v) is 6.91. The second kappa shape index (κ2) is 10.3. The topological polar surface area (TPSA) is 113 Å². The summed E-state index contributed by atoms with van der Waals surface area (Å²) in [6.45, 7) is 2.15. The van der Waals surface area contributed by atoms with Gasteiger partial charge in [-0.3, -0.25) is 13.9 Å². The summed E-state index contributed by atoms with van der Waals surface area (Å²) in [7, 11) is -4.31. The predicted octanol–water partition coefficient (Wildman–Crippen LogP) is 3.82. The lowest BCUT2D eigenvalue weighted by Crippen LogP contribution is -2.55. The molecule has 40 heavy (non-hydrogen) atoms. The third kappa shape index (κ3) is 5.40. The summed E-state index contributed by atoms with van der Waals surface area (Å²) >= 11 is 0. The van der Waals surface area contributed by atoms with Crippen LogP contribution in [0.2, 0.25) is 0 Å². The summed E-state index contributed by atoms with van der Waals surface area (Å²) in [5.41, 5.74) is -3.65. The summed E-state index contributed by atoms with van der Waals surface area (Å²) in [4.78, 5) is 24.1. The maximum Gasteiger partial charge on any atom is 0.308 e. The minimum atomic E-state index is -4.31. The lowest BCUT2D eigenvalue weighted by atomic mass is 9.81. The van der Waals surface area contributed by atoms with E-state index in [2.05, 4.69) is 5.32 Å². The van der Waals surface area contributed by atoms with Gasteiger partial charge in [0.05, 0.1) is 29.1 Å². The number of rotatable bonds is 8. The Hall–Kier alpha value is -3.19. The van der Waals surface area contributed by atoms with Crippen molar-refractivity contribution in [3.8, 4) is 0 Å². The zero-order chi connectivity index (χ0) is 29.7. The minimum Gasteiger partial charge on any atom is -0.463 e. The highest BCUT2D eigenvalue weighted by Crippen LogP contribution is 2.49. The van der Waals surface area contributed by atoms with Gasteiger partial charge < -0.3 is 15.2 Å². The van der Waals surface area contributed by atoms with Gasteiger partial charge in [0.25, 0.3) is 21.9 Å². The Bertz CT molecular complexity index is 1390. The maximum atomic E-state index is 14.4. The molecule has 0 bridgehead atoms. The van der Waals surface area contributed by atoms with E-state index in [4.69, 9.17) is 4.74 Å². The van der Waals surface area contributed by atoms with Crippen LogP contribution in [0.15, 0.2) is 47.4 Å². The van der Waals surface area contributed by atoms with E-state index in [1.165, 1.54) is 12.1 Å². The number of aliphatic hydroxyl groups is 1. The van der Waals surface area contributed by atoms with Gasteiger partial charge in [0.2, 0.25) is 11.5 Å². The Labute approximate surface area is 229 Å². The molecule has 1 saturated heterocycles. The van der Waals surface area contributed by atoms with Crippen LogP contribution >= 0.6 is 0 Å². The van der Waals surface area contributed by atoms with Crippen LogP contribution in [0.4, 0.5) is 23.2 Å². The lowest BCUT2D eigenvalue weighted by molar-refractivity contribution is -0.278. The quantitative estimate of drug-likeness (QED) is 0.359. The van der Waals surface area contributed by atoms with Gasteiger partial charge in [0.15, 0.2) is 0 Å². The van der Waals surface area contributed by atoms with E-state index in [0.717, 1.165) is 28.1 Å². The lowest BCUT2D eigenvalue weighted by Gasteiger charge is -2.41. The van der Waals surface area contributed by atoms with Crippen LogP contribution in [-0.4, -0.2) is 55.9 Å². The average molecular weight is 587 g/mol. The van der Waals surface area contributed by atoms with Crippen molar-refractivity contribution in [2.45, 2.75) is 80.9 Å². The van der Waals surface area contributed by atoms with E-state index in [1.807, 2.05) is 0 Å². The number of carbonyl (C=O) groups is 2. The van der Waals surface area contributed by atoms with Crippen molar-refractivity contribution in [1.29, 1.82) is 0 Å². The number of hydrogen-bond acceptors (Lipinski definition) is 6. The molecule has 2 aromatic carbocycles. The summed E-state index contributed by atoms with van der Waals surface area (Å²) in [6.07, 6.45) is -0.188. The Morgan fingerprint density at radius 1 is 1.10 bits per heavy atom. The number of anilines is 1. The number of aryl methyl sites for hydroxylation is 2. The normalized spacial score (nSPS) is 20.2. The number of hydrogen-bond donors (Lipinski definition) is 2. The number of alkyl halides is 4. The largest absolute Gasteiger partial charge is 0.463 e. The molecule has 13 heteroatoms. The highest BCUT2D eigenvalue weighted by molar-refractivity contribution is 7.92. The molecule has 0 spiro atoms. The standard InChI is InChI=1S/C27H30F4N2O6S/c1-16-4-9-21(10-5-16)40(37,38)33-20(14-23(34)32-19-13-24(35)39-15-19)8-6-17-12-18(7-11-22(17)33)27(36,25(2,28)29)26(3,30)31/h4-5,7,9-12,19-20,36H,6,8,13-15H2,1-3H3,(H,32,34). The summed E-state index contributed by atoms with van der Waals surface area (Å²) in [5, 5.41) is 13.2. The number of fused-ring (bicyclic) bond motifs is 1. The maximum absolute atomic E-state index is 14.4. The van der Waals surface area contributed by atoms with Gasteiger partial charge in [0, 0.05) is 20.3 Å². The number of nitrogens with one attached hydrogen (secondary N) is 1. The number of benzene rings is 2. The zero-order valence-electron chi connectivity index (χ0n) is 22.1. The highest BCUT2D eigenvalue weighted by atomic mass is 32.2. The Morgan fingerprint density at radius 2 is 1.73 bits per heavy atom. The van der Waals surface area contributed by atoms with Crippen LogP contribution in [0.5, 0.6) is 0 Å². The second-order valence-electron chi connectivity index (χ2n) is 10.5. The van der Waals surface area contributed by atoms with E-state index in [-0.39, 0.29) is 62.3 Å². The molecule has 0 aromatic heterocycles. The van der Waals surface area contributed by atoms with Gasteiger partial charge in [0.1, 0.15) is 6.61 Å². The fraction of sp³-hybridized carbons (Fsp3) is 0.481. The van der Waals surface area contributed by atoms with Crippen molar-refractivity contribution in [3.63, 3.8) is 0 Å². The van der Waals surface area contributed by atoms with Crippen LogP contribution in [0, 0.1) is 6.92 Å². The molecule has 0 radical (unpaired) electrons. The van der Waals surface area contributed by atoms with E-state index < -0.39 is 57.0 Å². The van der Waals surface area contributed by atoms with Gasteiger partial charge in [-0.15, -0.1) is 0 Å². The number of esters is 1. The number of cyclic esters (lactones) is 1. The molecule has 218 valence electrons. The van der Waals surface area contributed by atoms with Crippen molar-refractivity contribution in [3.05, 3.63) is 59.2 Å². The Morgan fingerprint density at radius 3 is 2.27 bits per heavy atom. The van der Waals surface area contributed by atoms with Gasteiger partial charge in [-0.1, -0.05) is 29.8 Å². The van der Waals surface area contributed by atoms with Crippen LogP contribution < -0.4 is 9.62 Å². The monoisotopic (exact) mass is 586 g/mol. The number of sulfonamides is 1. The van der Waals surface area contributed by atoms with Gasteiger partial charge in [-0.05, 0) is 49.1 Å². The first-order valence-electron chi connectivity index (χ1n) is 12.6. The smallest absolute Gasteiger partial charge is 0.308 e. The number of nitrogens with zero attached hydrogens (tertiary/aromatic N) is 1. The SMILES string of the molecule is Cc1ccc(S(=O)(=O)N2c3ccc(C(O)(C(C)(F)F)C(C)(F)F)cc3CCC2CC(=O)NC2COC(=O)C2)cc1. The summed E-state index contributed by atoms with van der Waals surface area (Å²) in [5.74, 6) is -9.48. The highest BCUT2D eigenvalue weighted by Gasteiger charge is 2.64.